The lowest BCUT2D eigenvalue weighted by Gasteiger charge is -2.21. The zero-order valence-corrected chi connectivity index (χ0v) is 15.6. The van der Waals surface area contributed by atoms with Crippen LogP contribution in [0.4, 0.5) is 0 Å². The number of amides is 1. The standard InChI is InChI=1S/C16H22N2OS3/c1-11(2)16(14-5-4-7-21-14)18-15(19)6-8-20-9-13-10-22-12(3)17-13/h4-5,7,10-11,16H,6,8-9H2,1-3H3,(H,18,19). The maximum Gasteiger partial charge on any atom is 0.221 e. The van der Waals surface area contributed by atoms with Gasteiger partial charge in [-0.15, -0.1) is 22.7 Å². The SMILES string of the molecule is Cc1nc(CSCCC(=O)NC(c2cccs2)C(C)C)cs1. The minimum atomic E-state index is 0.124. The minimum absolute atomic E-state index is 0.124. The molecule has 0 bridgehead atoms. The number of hydrogen-bond donors (Lipinski definition) is 1. The van der Waals surface area contributed by atoms with E-state index in [9.17, 15) is 4.79 Å². The number of carbonyl (C=O) groups is 1. The molecule has 2 rings (SSSR count). The molecule has 1 atom stereocenters. The summed E-state index contributed by atoms with van der Waals surface area (Å²) in [6.07, 6.45) is 0.558. The van der Waals surface area contributed by atoms with E-state index in [-0.39, 0.29) is 11.9 Å². The molecule has 2 aromatic heterocycles. The fourth-order valence-electron chi connectivity index (χ4n) is 2.10. The summed E-state index contributed by atoms with van der Waals surface area (Å²) in [5.74, 6) is 2.25. The molecule has 3 nitrogen and oxygen atoms in total. The molecule has 0 aliphatic heterocycles. The lowest BCUT2D eigenvalue weighted by Crippen LogP contribution is -2.31. The summed E-state index contributed by atoms with van der Waals surface area (Å²) in [5, 5.41) is 8.42. The van der Waals surface area contributed by atoms with Gasteiger partial charge in [0.1, 0.15) is 0 Å². The Hall–Kier alpha value is -0.850. The largest absolute Gasteiger partial charge is 0.348 e. The minimum Gasteiger partial charge on any atom is -0.348 e. The number of thiazole rings is 1. The molecule has 2 heterocycles. The number of hydrogen-bond acceptors (Lipinski definition) is 5. The highest BCUT2D eigenvalue weighted by Gasteiger charge is 2.18. The molecule has 22 heavy (non-hydrogen) atoms. The van der Waals surface area contributed by atoms with E-state index in [1.54, 1.807) is 34.4 Å². The summed E-state index contributed by atoms with van der Waals surface area (Å²) in [6, 6.07) is 4.25. The molecule has 1 amide bonds. The first-order valence-corrected chi connectivity index (χ1v) is 10.3. The first kappa shape index (κ1) is 17.5. The third-order valence-electron chi connectivity index (χ3n) is 3.22. The second kappa shape index (κ2) is 8.70. The Bertz CT molecular complexity index is 578. The van der Waals surface area contributed by atoms with Crippen LogP contribution >= 0.6 is 34.4 Å². The second-order valence-electron chi connectivity index (χ2n) is 5.47. The van der Waals surface area contributed by atoms with Crippen molar-refractivity contribution in [1.29, 1.82) is 0 Å². The Kier molecular flexibility index (Phi) is 6.92. The van der Waals surface area contributed by atoms with Crippen molar-refractivity contribution in [3.63, 3.8) is 0 Å². The van der Waals surface area contributed by atoms with Gasteiger partial charge in [0.2, 0.25) is 5.91 Å². The summed E-state index contributed by atoms with van der Waals surface area (Å²) in [4.78, 5) is 17.8. The van der Waals surface area contributed by atoms with Crippen LogP contribution in [-0.4, -0.2) is 16.6 Å². The van der Waals surface area contributed by atoms with E-state index in [1.807, 2.05) is 13.0 Å². The predicted molar refractivity (Wildman–Crippen MR) is 97.7 cm³/mol. The normalized spacial score (nSPS) is 12.5. The number of nitrogens with zero attached hydrogens (tertiary/aromatic N) is 1. The van der Waals surface area contributed by atoms with Gasteiger partial charge in [0.15, 0.2) is 0 Å². The molecule has 0 aliphatic rings. The van der Waals surface area contributed by atoms with Crippen molar-refractivity contribution in [3.8, 4) is 0 Å². The van der Waals surface area contributed by atoms with Crippen LogP contribution in [0, 0.1) is 12.8 Å². The quantitative estimate of drug-likeness (QED) is 0.702. The zero-order chi connectivity index (χ0) is 15.9. The fourth-order valence-corrected chi connectivity index (χ4v) is 4.59. The van der Waals surface area contributed by atoms with Crippen molar-refractivity contribution >= 4 is 40.3 Å². The van der Waals surface area contributed by atoms with Crippen molar-refractivity contribution in [2.24, 2.45) is 5.92 Å². The van der Waals surface area contributed by atoms with E-state index in [0.717, 1.165) is 22.2 Å². The Morgan fingerprint density at radius 3 is 2.82 bits per heavy atom. The third kappa shape index (κ3) is 5.41. The van der Waals surface area contributed by atoms with Crippen LogP contribution in [-0.2, 0) is 10.5 Å². The third-order valence-corrected chi connectivity index (χ3v) is 5.99. The van der Waals surface area contributed by atoms with E-state index in [0.29, 0.717) is 12.3 Å². The van der Waals surface area contributed by atoms with E-state index in [1.165, 1.54) is 4.88 Å². The number of thioether (sulfide) groups is 1. The summed E-state index contributed by atoms with van der Waals surface area (Å²) in [7, 11) is 0. The van der Waals surface area contributed by atoms with Gasteiger partial charge >= 0.3 is 0 Å². The van der Waals surface area contributed by atoms with E-state index in [2.05, 4.69) is 41.0 Å². The second-order valence-corrected chi connectivity index (χ2v) is 8.61. The van der Waals surface area contributed by atoms with Crippen LogP contribution in [0.5, 0.6) is 0 Å². The molecular weight excluding hydrogens is 332 g/mol. The number of rotatable bonds is 8. The molecule has 0 aromatic carbocycles. The van der Waals surface area contributed by atoms with Crippen LogP contribution in [0.25, 0.3) is 0 Å². The summed E-state index contributed by atoms with van der Waals surface area (Å²) in [5.41, 5.74) is 1.12. The van der Waals surface area contributed by atoms with Crippen molar-refractivity contribution < 1.29 is 4.79 Å². The molecule has 120 valence electrons. The maximum atomic E-state index is 12.1. The van der Waals surface area contributed by atoms with E-state index in [4.69, 9.17) is 0 Å². The first-order chi connectivity index (χ1) is 10.6. The van der Waals surface area contributed by atoms with Crippen molar-refractivity contribution in [3.05, 3.63) is 38.5 Å². The van der Waals surface area contributed by atoms with Gasteiger partial charge in [-0.25, -0.2) is 4.98 Å². The highest BCUT2D eigenvalue weighted by Crippen LogP contribution is 2.26. The van der Waals surface area contributed by atoms with Crippen LogP contribution in [0.3, 0.4) is 0 Å². The summed E-state index contributed by atoms with van der Waals surface area (Å²) in [6.45, 7) is 6.30. The van der Waals surface area contributed by atoms with Crippen LogP contribution in [0.2, 0.25) is 0 Å². The molecule has 0 aliphatic carbocycles. The molecule has 0 spiro atoms. The van der Waals surface area contributed by atoms with Gasteiger partial charge in [-0.2, -0.15) is 11.8 Å². The predicted octanol–water partition coefficient (Wildman–Crippen LogP) is 4.65. The molecule has 1 unspecified atom stereocenters. The van der Waals surface area contributed by atoms with Gasteiger partial charge < -0.3 is 5.32 Å². The molecule has 6 heteroatoms. The number of carbonyl (C=O) groups excluding carboxylic acids is 1. The average molecular weight is 355 g/mol. The van der Waals surface area contributed by atoms with Gasteiger partial charge in [-0.05, 0) is 24.3 Å². The highest BCUT2D eigenvalue weighted by molar-refractivity contribution is 7.98. The molecule has 0 fully saturated rings. The van der Waals surface area contributed by atoms with Gasteiger partial charge in [0, 0.05) is 28.2 Å². The summed E-state index contributed by atoms with van der Waals surface area (Å²) >= 11 is 5.15. The molecule has 0 saturated heterocycles. The van der Waals surface area contributed by atoms with Crippen molar-refractivity contribution in [1.82, 2.24) is 10.3 Å². The molecule has 0 saturated carbocycles. The monoisotopic (exact) mass is 354 g/mol. The topological polar surface area (TPSA) is 42.0 Å². The van der Waals surface area contributed by atoms with E-state index >= 15 is 0 Å². The fraction of sp³-hybridized carbons (Fsp3) is 0.500. The Morgan fingerprint density at radius 2 is 2.23 bits per heavy atom. The Balaban J connectivity index is 1.72. The maximum absolute atomic E-state index is 12.1. The number of aryl methyl sites for hydroxylation is 1. The molecular formula is C16H22N2OS3. The number of aromatic nitrogens is 1. The van der Waals surface area contributed by atoms with Crippen molar-refractivity contribution in [2.75, 3.05) is 5.75 Å². The number of nitrogens with one attached hydrogen (secondary N) is 1. The van der Waals surface area contributed by atoms with Gasteiger partial charge in [-0.1, -0.05) is 19.9 Å². The Labute approximate surface area is 144 Å². The summed E-state index contributed by atoms with van der Waals surface area (Å²) < 4.78 is 0. The highest BCUT2D eigenvalue weighted by atomic mass is 32.2. The zero-order valence-electron chi connectivity index (χ0n) is 13.2. The molecule has 1 N–H and O–H groups in total. The van der Waals surface area contributed by atoms with Gasteiger partial charge in [0.25, 0.3) is 0 Å². The first-order valence-electron chi connectivity index (χ1n) is 7.37. The van der Waals surface area contributed by atoms with Gasteiger partial charge in [-0.3, -0.25) is 4.79 Å². The molecule has 2 aromatic rings. The van der Waals surface area contributed by atoms with Crippen LogP contribution in [0.1, 0.15) is 41.9 Å². The van der Waals surface area contributed by atoms with Gasteiger partial charge in [0.05, 0.1) is 16.7 Å². The molecule has 0 radical (unpaired) electrons. The van der Waals surface area contributed by atoms with Crippen LogP contribution in [0.15, 0.2) is 22.9 Å². The number of thiophene rings is 1. The lowest BCUT2D eigenvalue weighted by molar-refractivity contribution is -0.121. The lowest BCUT2D eigenvalue weighted by atomic mass is 10.0. The van der Waals surface area contributed by atoms with E-state index < -0.39 is 0 Å². The van der Waals surface area contributed by atoms with Crippen LogP contribution < -0.4 is 5.32 Å². The Morgan fingerprint density at radius 1 is 1.41 bits per heavy atom. The van der Waals surface area contributed by atoms with Crippen molar-refractivity contribution in [2.45, 2.75) is 39.0 Å². The smallest absolute Gasteiger partial charge is 0.221 e. The average Bonchev–Trinajstić information content (AvgIpc) is 3.12.